The highest BCUT2D eigenvalue weighted by atomic mass is 32.1. The first-order chi connectivity index (χ1) is 16.0. The van der Waals surface area contributed by atoms with Crippen molar-refractivity contribution in [1.29, 1.82) is 0 Å². The molecule has 0 amide bonds. The maximum atomic E-state index is 12.6. The molecule has 0 saturated heterocycles. The predicted molar refractivity (Wildman–Crippen MR) is 128 cm³/mol. The third-order valence-corrected chi connectivity index (χ3v) is 6.02. The van der Waals surface area contributed by atoms with Crippen molar-refractivity contribution >= 4 is 39.2 Å². The molecule has 0 saturated carbocycles. The second-order valence-corrected chi connectivity index (χ2v) is 7.98. The van der Waals surface area contributed by atoms with Crippen LogP contribution in [-0.4, -0.2) is 37.7 Å². The van der Waals surface area contributed by atoms with Crippen LogP contribution >= 0.6 is 11.3 Å². The van der Waals surface area contributed by atoms with Crippen molar-refractivity contribution in [3.8, 4) is 16.3 Å². The number of thiazole rings is 1. The number of carbonyl (C=O) groups excluding carboxylic acids is 2. The molecule has 0 N–H and O–H groups in total. The quantitative estimate of drug-likeness (QED) is 0.485. The van der Waals surface area contributed by atoms with Crippen molar-refractivity contribution in [2.24, 2.45) is 0 Å². The molecule has 2 heterocycles. The van der Waals surface area contributed by atoms with E-state index in [1.807, 2.05) is 49.4 Å². The summed E-state index contributed by atoms with van der Waals surface area (Å²) >= 11 is 1.58. The lowest BCUT2D eigenvalue weighted by molar-refractivity contribution is -0.139. The summed E-state index contributed by atoms with van der Waals surface area (Å²) in [5, 5.41) is 0.872. The number of hydrogen-bond donors (Lipinski definition) is 0. The molecule has 8 heteroatoms. The molecule has 0 atom stereocenters. The Balaban J connectivity index is 1.70. The van der Waals surface area contributed by atoms with Crippen LogP contribution in [0.5, 0.6) is 5.75 Å². The van der Waals surface area contributed by atoms with E-state index in [1.54, 1.807) is 34.6 Å². The Kier molecular flexibility index (Phi) is 6.55. The number of nitrogens with zero attached hydrogens (tertiary/aromatic N) is 2. The number of hydrogen-bond acceptors (Lipinski definition) is 8. The minimum Gasteiger partial charge on any atom is -0.494 e. The molecule has 1 aromatic heterocycles. The SMILES string of the molecule is CCOc1ccc2nc(-c3ccc(N4C=CC=CC(C(=O)OC)=C4C(=O)OC)cc3)sc2c1. The first-order valence-corrected chi connectivity index (χ1v) is 11.1. The van der Waals surface area contributed by atoms with Gasteiger partial charge < -0.3 is 19.1 Å². The number of carbonyl (C=O) groups is 2. The lowest BCUT2D eigenvalue weighted by Crippen LogP contribution is -2.26. The van der Waals surface area contributed by atoms with Gasteiger partial charge in [-0.15, -0.1) is 11.3 Å². The van der Waals surface area contributed by atoms with Gasteiger partial charge in [0.15, 0.2) is 0 Å². The van der Waals surface area contributed by atoms with Crippen LogP contribution in [0.2, 0.25) is 0 Å². The van der Waals surface area contributed by atoms with Crippen LogP contribution in [0, 0.1) is 0 Å². The van der Waals surface area contributed by atoms with Gasteiger partial charge in [-0.2, -0.15) is 0 Å². The number of allylic oxidation sites excluding steroid dienone is 2. The number of fused-ring (bicyclic) bond motifs is 1. The van der Waals surface area contributed by atoms with Crippen LogP contribution in [0.3, 0.4) is 0 Å². The van der Waals surface area contributed by atoms with Crippen molar-refractivity contribution in [1.82, 2.24) is 4.98 Å². The Labute approximate surface area is 195 Å². The summed E-state index contributed by atoms with van der Waals surface area (Å²) in [5.74, 6) is -0.453. The lowest BCUT2D eigenvalue weighted by Gasteiger charge is -2.23. The summed E-state index contributed by atoms with van der Waals surface area (Å²) in [4.78, 5) is 31.2. The highest BCUT2D eigenvalue weighted by molar-refractivity contribution is 7.21. The zero-order valence-electron chi connectivity index (χ0n) is 18.4. The van der Waals surface area contributed by atoms with Crippen molar-refractivity contribution in [3.63, 3.8) is 0 Å². The highest BCUT2D eigenvalue weighted by Crippen LogP contribution is 2.34. The van der Waals surface area contributed by atoms with Crippen LogP contribution in [0.4, 0.5) is 5.69 Å². The number of aromatic nitrogens is 1. The first-order valence-electron chi connectivity index (χ1n) is 10.2. The average Bonchev–Trinajstić information content (AvgIpc) is 3.14. The molecule has 0 unspecified atom stereocenters. The van der Waals surface area contributed by atoms with Crippen molar-refractivity contribution in [2.75, 3.05) is 25.7 Å². The van der Waals surface area contributed by atoms with Crippen molar-refractivity contribution in [2.45, 2.75) is 6.92 Å². The molecule has 4 rings (SSSR count). The van der Waals surface area contributed by atoms with Gasteiger partial charge in [0.1, 0.15) is 16.5 Å². The molecule has 1 aliphatic rings. The monoisotopic (exact) mass is 462 g/mol. The molecule has 3 aromatic rings. The second-order valence-electron chi connectivity index (χ2n) is 6.94. The number of anilines is 1. The molecule has 1 aliphatic heterocycles. The molecule has 33 heavy (non-hydrogen) atoms. The predicted octanol–water partition coefficient (Wildman–Crippen LogP) is 4.85. The fourth-order valence-corrected chi connectivity index (χ4v) is 4.41. The summed E-state index contributed by atoms with van der Waals surface area (Å²) in [7, 11) is 2.54. The van der Waals surface area contributed by atoms with Crippen molar-refractivity contribution in [3.05, 3.63) is 78.2 Å². The molecule has 2 aromatic carbocycles. The van der Waals surface area contributed by atoms with Gasteiger partial charge in [-0.05, 0) is 61.5 Å². The third-order valence-electron chi connectivity index (χ3n) is 4.95. The number of benzene rings is 2. The molecule has 168 valence electrons. The summed E-state index contributed by atoms with van der Waals surface area (Å²) in [6.07, 6.45) is 6.62. The number of esters is 2. The Hall–Kier alpha value is -3.91. The molecule has 0 aliphatic carbocycles. The normalized spacial score (nSPS) is 13.2. The zero-order chi connectivity index (χ0) is 23.4. The fraction of sp³-hybridized carbons (Fsp3) is 0.160. The van der Waals surface area contributed by atoms with Crippen LogP contribution in [0.25, 0.3) is 20.8 Å². The highest BCUT2D eigenvalue weighted by Gasteiger charge is 2.27. The number of ether oxygens (including phenoxy) is 3. The second kappa shape index (κ2) is 9.70. The molecule has 0 fully saturated rings. The Morgan fingerprint density at radius 1 is 1.00 bits per heavy atom. The number of rotatable bonds is 6. The molecule has 0 bridgehead atoms. The summed E-state index contributed by atoms with van der Waals surface area (Å²) < 4.78 is 16.4. The maximum absolute atomic E-state index is 12.6. The first kappa shape index (κ1) is 22.3. The van der Waals surface area contributed by atoms with E-state index < -0.39 is 11.9 Å². The minimum atomic E-state index is -0.646. The van der Waals surface area contributed by atoms with Gasteiger partial charge in [-0.25, -0.2) is 14.6 Å². The van der Waals surface area contributed by atoms with Crippen LogP contribution in [0.1, 0.15) is 6.92 Å². The van der Waals surface area contributed by atoms with Crippen molar-refractivity contribution < 1.29 is 23.8 Å². The van der Waals surface area contributed by atoms with E-state index in [1.165, 1.54) is 20.3 Å². The molecular formula is C25H22N2O5S. The van der Waals surface area contributed by atoms with Gasteiger partial charge >= 0.3 is 11.9 Å². The van der Waals surface area contributed by atoms with Crippen LogP contribution in [-0.2, 0) is 19.1 Å². The Bertz CT molecular complexity index is 1290. The summed E-state index contributed by atoms with van der Waals surface area (Å²) in [6, 6.07) is 13.4. The topological polar surface area (TPSA) is 78.0 Å². The summed E-state index contributed by atoms with van der Waals surface area (Å²) in [5.41, 5.74) is 2.70. The zero-order valence-corrected chi connectivity index (χ0v) is 19.2. The van der Waals surface area contributed by atoms with E-state index in [2.05, 4.69) is 0 Å². The average molecular weight is 463 g/mol. The van der Waals surface area contributed by atoms with E-state index in [0.717, 1.165) is 26.5 Å². The van der Waals surface area contributed by atoms with E-state index in [-0.39, 0.29) is 11.3 Å². The Morgan fingerprint density at radius 2 is 1.76 bits per heavy atom. The largest absolute Gasteiger partial charge is 0.494 e. The standard InChI is InChI=1S/C25H22N2O5S/c1-4-32-18-12-13-20-21(15-18)33-23(26-20)16-8-10-17(11-9-16)27-14-6-5-7-19(24(28)30-2)22(27)25(29)31-3/h5-15H,4H2,1-3H3. The minimum absolute atomic E-state index is 0.0746. The van der Waals surface area contributed by atoms with Crippen LogP contribution in [0.15, 0.2) is 78.2 Å². The lowest BCUT2D eigenvalue weighted by atomic mass is 10.1. The smallest absolute Gasteiger partial charge is 0.355 e. The molecular weight excluding hydrogens is 440 g/mol. The van der Waals surface area contributed by atoms with E-state index in [0.29, 0.717) is 12.3 Å². The third kappa shape index (κ3) is 4.51. The Morgan fingerprint density at radius 3 is 2.45 bits per heavy atom. The van der Waals surface area contributed by atoms with Gasteiger partial charge in [0.2, 0.25) is 0 Å². The van der Waals surface area contributed by atoms with E-state index in [9.17, 15) is 9.59 Å². The van der Waals surface area contributed by atoms with E-state index in [4.69, 9.17) is 19.2 Å². The molecule has 0 radical (unpaired) electrons. The van der Waals surface area contributed by atoms with Gasteiger partial charge in [0, 0.05) is 17.5 Å². The summed E-state index contributed by atoms with van der Waals surface area (Å²) in [6.45, 7) is 2.56. The fourth-order valence-electron chi connectivity index (χ4n) is 3.42. The van der Waals surface area contributed by atoms with E-state index >= 15 is 0 Å². The van der Waals surface area contributed by atoms with Gasteiger partial charge in [0.25, 0.3) is 0 Å². The van der Waals surface area contributed by atoms with Gasteiger partial charge in [0.05, 0.1) is 36.6 Å². The van der Waals surface area contributed by atoms with Gasteiger partial charge in [-0.1, -0.05) is 6.08 Å². The maximum Gasteiger partial charge on any atom is 0.355 e. The van der Waals surface area contributed by atoms with Gasteiger partial charge in [-0.3, -0.25) is 0 Å². The molecule has 0 spiro atoms. The van der Waals surface area contributed by atoms with Crippen LogP contribution < -0.4 is 9.64 Å². The number of methoxy groups -OCH3 is 2. The molecule has 7 nitrogen and oxygen atoms in total.